The number of aromatic nitrogens is 2. The third kappa shape index (κ3) is 2.58. The maximum absolute atomic E-state index is 6.28. The first-order valence-electron chi connectivity index (χ1n) is 6.13. The molecule has 2 heterocycles. The second-order valence-electron chi connectivity index (χ2n) is 4.85. The van der Waals surface area contributed by atoms with Gasteiger partial charge in [0, 0.05) is 18.2 Å². The first-order valence-corrected chi connectivity index (χ1v) is 6.51. The zero-order chi connectivity index (χ0) is 11.5. The van der Waals surface area contributed by atoms with Gasteiger partial charge in [0.2, 0.25) is 0 Å². The van der Waals surface area contributed by atoms with Crippen LogP contribution >= 0.6 is 11.6 Å². The van der Waals surface area contributed by atoms with Crippen molar-refractivity contribution in [3.63, 3.8) is 0 Å². The summed E-state index contributed by atoms with van der Waals surface area (Å²) in [4.78, 5) is 0. The van der Waals surface area contributed by atoms with Gasteiger partial charge in [-0.1, -0.05) is 25.4 Å². The number of hydrogen-bond donors (Lipinski definition) is 1. The van der Waals surface area contributed by atoms with Crippen molar-refractivity contribution < 1.29 is 0 Å². The molecule has 0 amide bonds. The van der Waals surface area contributed by atoms with E-state index in [0.29, 0.717) is 12.0 Å². The highest BCUT2D eigenvalue weighted by Crippen LogP contribution is 2.24. The first kappa shape index (κ1) is 11.9. The van der Waals surface area contributed by atoms with E-state index in [2.05, 4.69) is 24.3 Å². The molecule has 1 N–H and O–H groups in total. The Morgan fingerprint density at radius 2 is 2.44 bits per heavy atom. The predicted molar refractivity (Wildman–Crippen MR) is 67.0 cm³/mol. The molecule has 1 aromatic rings. The van der Waals surface area contributed by atoms with Crippen LogP contribution < -0.4 is 5.32 Å². The Labute approximate surface area is 102 Å². The number of nitrogens with zero attached hydrogens (tertiary/aromatic N) is 2. The molecule has 3 nitrogen and oxygen atoms in total. The third-order valence-electron chi connectivity index (χ3n) is 3.27. The lowest BCUT2D eigenvalue weighted by atomic mass is 10.1. The zero-order valence-electron chi connectivity index (χ0n) is 10.0. The van der Waals surface area contributed by atoms with Gasteiger partial charge in [-0.05, 0) is 31.7 Å². The SMILES string of the molecule is CC(C)c1cnn(CCC2CCCN2)c1Cl. The quantitative estimate of drug-likeness (QED) is 0.879. The molecule has 2 rings (SSSR count). The Bertz CT molecular complexity index is 340. The third-order valence-corrected chi connectivity index (χ3v) is 3.69. The standard InChI is InChI=1S/C12H20ClN3/c1-9(2)11-8-15-16(12(11)13)7-5-10-4-3-6-14-10/h8-10,14H,3-7H2,1-2H3. The lowest BCUT2D eigenvalue weighted by molar-refractivity contribution is 0.481. The number of aryl methyl sites for hydroxylation is 1. The molecule has 1 unspecified atom stereocenters. The topological polar surface area (TPSA) is 29.9 Å². The van der Waals surface area contributed by atoms with E-state index in [0.717, 1.165) is 30.2 Å². The molecular weight excluding hydrogens is 222 g/mol. The van der Waals surface area contributed by atoms with Crippen LogP contribution in [0.1, 0.15) is 44.6 Å². The van der Waals surface area contributed by atoms with Crippen LogP contribution in [0.2, 0.25) is 5.15 Å². The highest BCUT2D eigenvalue weighted by molar-refractivity contribution is 6.30. The molecule has 16 heavy (non-hydrogen) atoms. The van der Waals surface area contributed by atoms with E-state index in [4.69, 9.17) is 11.6 Å². The normalized spacial score (nSPS) is 20.9. The molecule has 0 radical (unpaired) electrons. The molecule has 0 bridgehead atoms. The van der Waals surface area contributed by atoms with Gasteiger partial charge in [-0.25, -0.2) is 0 Å². The molecule has 0 aliphatic carbocycles. The van der Waals surface area contributed by atoms with Crippen molar-refractivity contribution in [1.29, 1.82) is 0 Å². The van der Waals surface area contributed by atoms with Gasteiger partial charge in [0.1, 0.15) is 5.15 Å². The average molecular weight is 242 g/mol. The maximum atomic E-state index is 6.28. The smallest absolute Gasteiger partial charge is 0.130 e. The second kappa shape index (κ2) is 5.19. The summed E-state index contributed by atoms with van der Waals surface area (Å²) in [5.74, 6) is 0.450. The summed E-state index contributed by atoms with van der Waals surface area (Å²) in [6.07, 6.45) is 5.61. The summed E-state index contributed by atoms with van der Waals surface area (Å²) >= 11 is 6.28. The Kier molecular flexibility index (Phi) is 3.87. The van der Waals surface area contributed by atoms with Crippen LogP contribution in [-0.2, 0) is 6.54 Å². The van der Waals surface area contributed by atoms with Crippen molar-refractivity contribution in [1.82, 2.24) is 15.1 Å². The van der Waals surface area contributed by atoms with Crippen molar-refractivity contribution >= 4 is 11.6 Å². The van der Waals surface area contributed by atoms with E-state index in [1.54, 1.807) is 0 Å². The average Bonchev–Trinajstić information content (AvgIpc) is 2.84. The summed E-state index contributed by atoms with van der Waals surface area (Å²) in [5, 5.41) is 8.66. The number of hydrogen-bond acceptors (Lipinski definition) is 2. The Balaban J connectivity index is 1.93. The highest BCUT2D eigenvalue weighted by Gasteiger charge is 2.16. The van der Waals surface area contributed by atoms with Gasteiger partial charge in [-0.2, -0.15) is 5.10 Å². The van der Waals surface area contributed by atoms with Gasteiger partial charge < -0.3 is 5.32 Å². The number of rotatable bonds is 4. The summed E-state index contributed by atoms with van der Waals surface area (Å²) in [7, 11) is 0. The van der Waals surface area contributed by atoms with E-state index in [1.807, 2.05) is 10.9 Å². The van der Waals surface area contributed by atoms with E-state index in [9.17, 15) is 0 Å². The van der Waals surface area contributed by atoms with Gasteiger partial charge in [-0.15, -0.1) is 0 Å². The van der Waals surface area contributed by atoms with Crippen LogP contribution in [-0.4, -0.2) is 22.4 Å². The van der Waals surface area contributed by atoms with E-state index < -0.39 is 0 Å². The van der Waals surface area contributed by atoms with Gasteiger partial charge >= 0.3 is 0 Å². The molecule has 1 fully saturated rings. The number of halogens is 1. The summed E-state index contributed by atoms with van der Waals surface area (Å²) in [6, 6.07) is 0.655. The fourth-order valence-electron chi connectivity index (χ4n) is 2.21. The fraction of sp³-hybridized carbons (Fsp3) is 0.750. The second-order valence-corrected chi connectivity index (χ2v) is 5.21. The summed E-state index contributed by atoms with van der Waals surface area (Å²) < 4.78 is 1.93. The van der Waals surface area contributed by atoms with Gasteiger partial charge in [0.05, 0.1) is 6.20 Å². The first-order chi connectivity index (χ1) is 7.68. The predicted octanol–water partition coefficient (Wildman–Crippen LogP) is 2.80. The molecular formula is C12H20ClN3. The molecule has 4 heteroatoms. The largest absolute Gasteiger partial charge is 0.314 e. The molecule has 0 spiro atoms. The monoisotopic (exact) mass is 241 g/mol. The highest BCUT2D eigenvalue weighted by atomic mass is 35.5. The Morgan fingerprint density at radius 1 is 1.62 bits per heavy atom. The van der Waals surface area contributed by atoms with Crippen molar-refractivity contribution in [2.24, 2.45) is 0 Å². The molecule has 90 valence electrons. The lowest BCUT2D eigenvalue weighted by Crippen LogP contribution is -2.23. The van der Waals surface area contributed by atoms with Crippen LogP contribution in [0.15, 0.2) is 6.20 Å². The molecule has 1 aliphatic heterocycles. The van der Waals surface area contributed by atoms with E-state index >= 15 is 0 Å². The van der Waals surface area contributed by atoms with Gasteiger partial charge in [0.15, 0.2) is 0 Å². The molecule has 1 aromatic heterocycles. The van der Waals surface area contributed by atoms with Crippen LogP contribution in [0.25, 0.3) is 0 Å². The van der Waals surface area contributed by atoms with Crippen LogP contribution in [0.5, 0.6) is 0 Å². The lowest BCUT2D eigenvalue weighted by Gasteiger charge is -2.10. The molecule has 1 saturated heterocycles. The molecule has 1 atom stereocenters. The molecule has 1 aliphatic rings. The fourth-order valence-corrected chi connectivity index (χ4v) is 2.60. The van der Waals surface area contributed by atoms with Gasteiger partial charge in [-0.3, -0.25) is 4.68 Å². The molecule has 0 saturated carbocycles. The van der Waals surface area contributed by atoms with E-state index in [1.165, 1.54) is 12.8 Å². The minimum Gasteiger partial charge on any atom is -0.314 e. The summed E-state index contributed by atoms with van der Waals surface area (Å²) in [5.41, 5.74) is 1.15. The van der Waals surface area contributed by atoms with Crippen molar-refractivity contribution in [3.8, 4) is 0 Å². The van der Waals surface area contributed by atoms with Crippen LogP contribution in [0, 0.1) is 0 Å². The maximum Gasteiger partial charge on any atom is 0.130 e. The Hall–Kier alpha value is -0.540. The zero-order valence-corrected chi connectivity index (χ0v) is 10.8. The molecule has 0 aromatic carbocycles. The Morgan fingerprint density at radius 3 is 3.00 bits per heavy atom. The van der Waals surface area contributed by atoms with Crippen molar-refractivity contribution in [2.75, 3.05) is 6.54 Å². The van der Waals surface area contributed by atoms with Crippen molar-refractivity contribution in [3.05, 3.63) is 16.9 Å². The van der Waals surface area contributed by atoms with Gasteiger partial charge in [0.25, 0.3) is 0 Å². The van der Waals surface area contributed by atoms with Crippen LogP contribution in [0.3, 0.4) is 0 Å². The van der Waals surface area contributed by atoms with Crippen molar-refractivity contribution in [2.45, 2.75) is 51.6 Å². The van der Waals surface area contributed by atoms with Crippen LogP contribution in [0.4, 0.5) is 0 Å². The number of nitrogens with one attached hydrogen (secondary N) is 1. The summed E-state index contributed by atoms with van der Waals surface area (Å²) in [6.45, 7) is 6.37. The minimum atomic E-state index is 0.450. The minimum absolute atomic E-state index is 0.450. The van der Waals surface area contributed by atoms with E-state index in [-0.39, 0.29) is 0 Å².